The van der Waals surface area contributed by atoms with Crippen LogP contribution >= 0.6 is 0 Å². The fourth-order valence-corrected chi connectivity index (χ4v) is 3.10. The lowest BCUT2D eigenvalue weighted by molar-refractivity contribution is 0.538. The van der Waals surface area contributed by atoms with E-state index >= 15 is 0 Å². The summed E-state index contributed by atoms with van der Waals surface area (Å²) in [4.78, 5) is 0. The molecule has 0 bridgehead atoms. The molecule has 1 N–H and O–H groups in total. The van der Waals surface area contributed by atoms with Gasteiger partial charge in [-0.15, -0.1) is 0 Å². The predicted octanol–water partition coefficient (Wildman–Crippen LogP) is 5.13. The number of aromatic nitrogens is 1. The van der Waals surface area contributed by atoms with Gasteiger partial charge in [0.1, 0.15) is 0 Å². The number of hydrogen-bond donors (Lipinski definition) is 1. The number of rotatable bonds is 7. The third kappa shape index (κ3) is 4.07. The van der Waals surface area contributed by atoms with Gasteiger partial charge in [-0.2, -0.15) is 0 Å². The van der Waals surface area contributed by atoms with E-state index in [1.165, 1.54) is 34.0 Å². The Morgan fingerprint density at radius 3 is 2.50 bits per heavy atom. The molecule has 0 fully saturated rings. The van der Waals surface area contributed by atoms with Gasteiger partial charge in [0.15, 0.2) is 0 Å². The van der Waals surface area contributed by atoms with E-state index in [9.17, 15) is 0 Å². The Labute approximate surface area is 145 Å². The van der Waals surface area contributed by atoms with Crippen molar-refractivity contribution in [2.24, 2.45) is 5.92 Å². The maximum Gasteiger partial charge on any atom is 0.0486 e. The zero-order valence-electron chi connectivity index (χ0n) is 15.0. The molecule has 0 atom stereocenters. The van der Waals surface area contributed by atoms with Crippen LogP contribution in [0.5, 0.6) is 0 Å². The highest BCUT2D eigenvalue weighted by molar-refractivity contribution is 5.84. The van der Waals surface area contributed by atoms with Crippen LogP contribution in [0.25, 0.3) is 10.9 Å². The van der Waals surface area contributed by atoms with E-state index < -0.39 is 0 Å². The van der Waals surface area contributed by atoms with Crippen molar-refractivity contribution in [1.29, 1.82) is 0 Å². The molecule has 1 heterocycles. The number of para-hydroxylation sites is 1. The molecular weight excluding hydrogens is 292 g/mol. The van der Waals surface area contributed by atoms with Crippen LogP contribution in [0.3, 0.4) is 0 Å². The highest BCUT2D eigenvalue weighted by atomic mass is 15.0. The highest BCUT2D eigenvalue weighted by Gasteiger charge is 2.08. The van der Waals surface area contributed by atoms with Crippen molar-refractivity contribution in [3.63, 3.8) is 0 Å². The number of nitrogens with one attached hydrogen (secondary N) is 1. The lowest BCUT2D eigenvalue weighted by Gasteiger charge is -2.06. The molecule has 1 aromatic heterocycles. The summed E-state index contributed by atoms with van der Waals surface area (Å²) in [6.45, 7) is 9.62. The molecule has 3 rings (SSSR count). The van der Waals surface area contributed by atoms with Gasteiger partial charge in [-0.3, -0.25) is 0 Å². The summed E-state index contributed by atoms with van der Waals surface area (Å²) in [6.07, 6.45) is 3.54. The fraction of sp³-hybridized carbons (Fsp3) is 0.364. The molecule has 0 aliphatic rings. The van der Waals surface area contributed by atoms with Gasteiger partial charge in [-0.1, -0.05) is 61.9 Å². The first-order chi connectivity index (χ1) is 11.6. The molecule has 2 nitrogen and oxygen atoms in total. The van der Waals surface area contributed by atoms with Crippen molar-refractivity contribution < 1.29 is 0 Å². The van der Waals surface area contributed by atoms with Gasteiger partial charge in [0.25, 0.3) is 0 Å². The minimum absolute atomic E-state index is 0.750. The molecule has 2 heteroatoms. The number of aryl methyl sites for hydroxylation is 1. The lowest BCUT2D eigenvalue weighted by atomic mass is 10.1. The first-order valence-electron chi connectivity index (χ1n) is 8.96. The van der Waals surface area contributed by atoms with Gasteiger partial charge in [0.2, 0.25) is 0 Å². The van der Waals surface area contributed by atoms with E-state index in [1.54, 1.807) is 0 Å². The minimum atomic E-state index is 0.750. The average molecular weight is 320 g/mol. The third-order valence-corrected chi connectivity index (χ3v) is 4.56. The van der Waals surface area contributed by atoms with Crippen LogP contribution in [0.2, 0.25) is 0 Å². The van der Waals surface area contributed by atoms with Gasteiger partial charge < -0.3 is 9.88 Å². The lowest BCUT2D eigenvalue weighted by Crippen LogP contribution is -2.16. The van der Waals surface area contributed by atoms with Crippen LogP contribution < -0.4 is 5.32 Å². The Balaban J connectivity index is 1.79. The van der Waals surface area contributed by atoms with Crippen LogP contribution in [-0.4, -0.2) is 11.1 Å². The van der Waals surface area contributed by atoms with Crippen LogP contribution in [0.15, 0.2) is 54.7 Å². The quantitative estimate of drug-likeness (QED) is 0.597. The summed E-state index contributed by atoms with van der Waals surface area (Å²) in [5, 5.41) is 4.96. The Morgan fingerprint density at radius 2 is 1.75 bits per heavy atom. The predicted molar refractivity (Wildman–Crippen MR) is 103 cm³/mol. The van der Waals surface area contributed by atoms with Crippen molar-refractivity contribution in [2.75, 3.05) is 6.54 Å². The summed E-state index contributed by atoms with van der Waals surface area (Å²) in [7, 11) is 0. The molecule has 3 aromatic rings. The second kappa shape index (κ2) is 7.67. The molecule has 0 saturated heterocycles. The SMILES string of the molecule is Cc1ccc(Cn2cc(CNCCC(C)C)c3ccccc32)cc1. The zero-order valence-corrected chi connectivity index (χ0v) is 15.0. The average Bonchev–Trinajstić information content (AvgIpc) is 2.92. The summed E-state index contributed by atoms with van der Waals surface area (Å²) >= 11 is 0. The first-order valence-corrected chi connectivity index (χ1v) is 8.96. The molecule has 126 valence electrons. The Kier molecular flexibility index (Phi) is 5.37. The Hall–Kier alpha value is -2.06. The summed E-state index contributed by atoms with van der Waals surface area (Å²) in [5.74, 6) is 0.750. The molecule has 0 aliphatic heterocycles. The number of hydrogen-bond acceptors (Lipinski definition) is 1. The standard InChI is InChI=1S/C22H28N2/c1-17(2)12-13-23-14-20-16-24(22-7-5-4-6-21(20)22)15-19-10-8-18(3)9-11-19/h4-11,16-17,23H,12-15H2,1-3H3. The highest BCUT2D eigenvalue weighted by Crippen LogP contribution is 2.22. The topological polar surface area (TPSA) is 17.0 Å². The Bertz CT molecular complexity index is 781. The van der Waals surface area contributed by atoms with E-state index in [2.05, 4.69) is 85.4 Å². The van der Waals surface area contributed by atoms with E-state index in [1.807, 2.05) is 0 Å². The van der Waals surface area contributed by atoms with E-state index in [0.29, 0.717) is 0 Å². The van der Waals surface area contributed by atoms with E-state index in [0.717, 1.165) is 25.6 Å². The van der Waals surface area contributed by atoms with Crippen LogP contribution in [0, 0.1) is 12.8 Å². The third-order valence-electron chi connectivity index (χ3n) is 4.56. The molecule has 0 saturated carbocycles. The van der Waals surface area contributed by atoms with Crippen LogP contribution in [0.4, 0.5) is 0 Å². The maximum absolute atomic E-state index is 3.60. The summed E-state index contributed by atoms with van der Waals surface area (Å²) < 4.78 is 2.37. The van der Waals surface area contributed by atoms with Gasteiger partial charge in [0.05, 0.1) is 0 Å². The number of fused-ring (bicyclic) bond motifs is 1. The van der Waals surface area contributed by atoms with Gasteiger partial charge in [0, 0.05) is 30.2 Å². The molecule has 0 amide bonds. The molecule has 0 radical (unpaired) electrons. The fourth-order valence-electron chi connectivity index (χ4n) is 3.10. The normalized spacial score (nSPS) is 11.5. The molecule has 0 aliphatic carbocycles. The van der Waals surface area contributed by atoms with Crippen molar-refractivity contribution in [2.45, 2.75) is 40.3 Å². The second-order valence-electron chi connectivity index (χ2n) is 7.14. The van der Waals surface area contributed by atoms with E-state index in [4.69, 9.17) is 0 Å². The van der Waals surface area contributed by atoms with Crippen LogP contribution in [0.1, 0.15) is 37.0 Å². The molecular formula is C22H28N2. The first kappa shape index (κ1) is 16.8. The maximum atomic E-state index is 3.60. The van der Waals surface area contributed by atoms with Crippen molar-refractivity contribution in [3.05, 3.63) is 71.4 Å². The van der Waals surface area contributed by atoms with Crippen molar-refractivity contribution in [1.82, 2.24) is 9.88 Å². The summed E-state index contributed by atoms with van der Waals surface area (Å²) in [6, 6.07) is 17.6. The van der Waals surface area contributed by atoms with Crippen molar-refractivity contribution in [3.8, 4) is 0 Å². The van der Waals surface area contributed by atoms with Gasteiger partial charge in [-0.05, 0) is 43.0 Å². The second-order valence-corrected chi connectivity index (χ2v) is 7.14. The minimum Gasteiger partial charge on any atom is -0.343 e. The zero-order chi connectivity index (χ0) is 16.9. The molecule has 24 heavy (non-hydrogen) atoms. The smallest absolute Gasteiger partial charge is 0.0486 e. The Morgan fingerprint density at radius 1 is 1.00 bits per heavy atom. The van der Waals surface area contributed by atoms with E-state index in [-0.39, 0.29) is 0 Å². The monoisotopic (exact) mass is 320 g/mol. The number of nitrogens with zero attached hydrogens (tertiary/aromatic N) is 1. The number of benzene rings is 2. The molecule has 2 aromatic carbocycles. The summed E-state index contributed by atoms with van der Waals surface area (Å²) in [5.41, 5.74) is 5.37. The molecule has 0 unspecified atom stereocenters. The van der Waals surface area contributed by atoms with Crippen LogP contribution in [-0.2, 0) is 13.1 Å². The van der Waals surface area contributed by atoms with Gasteiger partial charge in [-0.25, -0.2) is 0 Å². The van der Waals surface area contributed by atoms with Gasteiger partial charge >= 0.3 is 0 Å². The van der Waals surface area contributed by atoms with Crippen molar-refractivity contribution >= 4 is 10.9 Å². The largest absolute Gasteiger partial charge is 0.343 e. The molecule has 0 spiro atoms.